The summed E-state index contributed by atoms with van der Waals surface area (Å²) < 4.78 is 0. The van der Waals surface area contributed by atoms with E-state index in [1.54, 1.807) is 11.0 Å². The molecule has 1 aromatic heterocycles. The van der Waals surface area contributed by atoms with Crippen molar-refractivity contribution in [2.75, 3.05) is 52.9 Å². The average molecular weight is 393 g/mol. The lowest BCUT2D eigenvalue weighted by molar-refractivity contribution is -0.141. The highest BCUT2D eigenvalue weighted by molar-refractivity contribution is 7.13. The summed E-state index contributed by atoms with van der Waals surface area (Å²) in [7, 11) is 2.07. The van der Waals surface area contributed by atoms with Crippen molar-refractivity contribution in [1.82, 2.24) is 20.0 Å². The van der Waals surface area contributed by atoms with E-state index in [9.17, 15) is 14.4 Å². The summed E-state index contributed by atoms with van der Waals surface area (Å²) >= 11 is 1.42. The number of rotatable bonds is 4. The SMILES string of the molecule is Cc1ccc(C(=O)NCC(=O)N2CCC(C(=O)N3CCN(C)CC3)CC2)s1. The van der Waals surface area contributed by atoms with Gasteiger partial charge in [-0.05, 0) is 38.9 Å². The normalized spacial score (nSPS) is 19.2. The number of carbonyl (C=O) groups is 3. The number of piperazine rings is 1. The molecule has 148 valence electrons. The molecule has 3 rings (SSSR count). The first-order valence-electron chi connectivity index (χ1n) is 9.54. The van der Waals surface area contributed by atoms with Crippen molar-refractivity contribution in [3.8, 4) is 0 Å². The zero-order chi connectivity index (χ0) is 19.4. The summed E-state index contributed by atoms with van der Waals surface area (Å²) in [6.45, 7) is 6.55. The molecule has 2 saturated heterocycles. The molecule has 0 aromatic carbocycles. The van der Waals surface area contributed by atoms with Gasteiger partial charge in [0.25, 0.3) is 5.91 Å². The van der Waals surface area contributed by atoms with Crippen LogP contribution in [0.15, 0.2) is 12.1 Å². The number of nitrogens with zero attached hydrogens (tertiary/aromatic N) is 3. The van der Waals surface area contributed by atoms with Crippen molar-refractivity contribution in [2.24, 2.45) is 5.92 Å². The van der Waals surface area contributed by atoms with Gasteiger partial charge in [0.15, 0.2) is 0 Å². The minimum Gasteiger partial charge on any atom is -0.342 e. The number of amides is 3. The Labute approximate surface area is 164 Å². The summed E-state index contributed by atoms with van der Waals surface area (Å²) in [4.78, 5) is 44.7. The number of hydrogen-bond acceptors (Lipinski definition) is 5. The van der Waals surface area contributed by atoms with Crippen LogP contribution in [0.3, 0.4) is 0 Å². The predicted octanol–water partition coefficient (Wildman–Crippen LogP) is 0.799. The van der Waals surface area contributed by atoms with E-state index >= 15 is 0 Å². The summed E-state index contributed by atoms with van der Waals surface area (Å²) in [6, 6.07) is 3.67. The second-order valence-corrected chi connectivity index (χ2v) is 8.66. The van der Waals surface area contributed by atoms with Crippen molar-refractivity contribution < 1.29 is 14.4 Å². The van der Waals surface area contributed by atoms with Crippen LogP contribution in [-0.4, -0.2) is 85.3 Å². The van der Waals surface area contributed by atoms with Gasteiger partial charge in [-0.2, -0.15) is 0 Å². The van der Waals surface area contributed by atoms with Crippen LogP contribution < -0.4 is 5.32 Å². The van der Waals surface area contributed by atoms with Crippen LogP contribution in [0.1, 0.15) is 27.4 Å². The molecule has 0 unspecified atom stereocenters. The van der Waals surface area contributed by atoms with Crippen LogP contribution in [-0.2, 0) is 9.59 Å². The third kappa shape index (κ3) is 5.07. The Morgan fingerprint density at radius 3 is 2.30 bits per heavy atom. The van der Waals surface area contributed by atoms with Crippen LogP contribution in [0.25, 0.3) is 0 Å². The molecule has 0 saturated carbocycles. The molecule has 0 radical (unpaired) electrons. The fourth-order valence-corrected chi connectivity index (χ4v) is 4.36. The second kappa shape index (κ2) is 8.84. The van der Waals surface area contributed by atoms with E-state index in [2.05, 4.69) is 17.3 Å². The highest BCUT2D eigenvalue weighted by atomic mass is 32.1. The van der Waals surface area contributed by atoms with Gasteiger partial charge in [-0.3, -0.25) is 14.4 Å². The van der Waals surface area contributed by atoms with Crippen molar-refractivity contribution in [3.05, 3.63) is 21.9 Å². The maximum Gasteiger partial charge on any atom is 0.261 e. The first-order chi connectivity index (χ1) is 12.9. The summed E-state index contributed by atoms with van der Waals surface area (Å²) in [6.07, 6.45) is 1.41. The Morgan fingerprint density at radius 1 is 1.04 bits per heavy atom. The molecule has 1 N–H and O–H groups in total. The summed E-state index contributed by atoms with van der Waals surface area (Å²) in [5, 5.41) is 2.70. The van der Waals surface area contributed by atoms with Gasteiger partial charge in [0, 0.05) is 50.1 Å². The van der Waals surface area contributed by atoms with Crippen LogP contribution in [0.4, 0.5) is 0 Å². The monoisotopic (exact) mass is 392 g/mol. The lowest BCUT2D eigenvalue weighted by Crippen LogP contribution is -2.51. The molecule has 8 heteroatoms. The summed E-state index contributed by atoms with van der Waals surface area (Å²) in [5.41, 5.74) is 0. The van der Waals surface area contributed by atoms with Crippen molar-refractivity contribution >= 4 is 29.1 Å². The zero-order valence-corrected chi connectivity index (χ0v) is 16.9. The molecular formula is C19H28N4O3S. The second-order valence-electron chi connectivity index (χ2n) is 7.38. The van der Waals surface area contributed by atoms with E-state index in [-0.39, 0.29) is 30.2 Å². The number of likely N-dealkylation sites (N-methyl/N-ethyl adjacent to an activating group) is 1. The molecule has 3 heterocycles. The number of hydrogen-bond donors (Lipinski definition) is 1. The molecule has 1 aromatic rings. The molecule has 2 fully saturated rings. The summed E-state index contributed by atoms with van der Waals surface area (Å²) in [5.74, 6) is -0.0404. The Hall–Kier alpha value is -1.93. The highest BCUT2D eigenvalue weighted by Crippen LogP contribution is 2.20. The van der Waals surface area contributed by atoms with Gasteiger partial charge in [-0.15, -0.1) is 11.3 Å². The predicted molar refractivity (Wildman–Crippen MR) is 105 cm³/mol. The van der Waals surface area contributed by atoms with Gasteiger partial charge >= 0.3 is 0 Å². The molecule has 2 aliphatic rings. The Bertz CT molecular complexity index is 689. The molecule has 2 aliphatic heterocycles. The number of piperidine rings is 1. The van der Waals surface area contributed by atoms with E-state index < -0.39 is 0 Å². The van der Waals surface area contributed by atoms with Crippen molar-refractivity contribution in [1.29, 1.82) is 0 Å². The number of aryl methyl sites for hydroxylation is 1. The first-order valence-corrected chi connectivity index (χ1v) is 10.4. The van der Waals surface area contributed by atoms with Gasteiger partial charge in [-0.1, -0.05) is 0 Å². The number of carbonyl (C=O) groups excluding carboxylic acids is 3. The first kappa shape index (κ1) is 19.8. The molecule has 0 aliphatic carbocycles. The Kier molecular flexibility index (Phi) is 6.49. The maximum absolute atomic E-state index is 12.7. The standard InChI is InChI=1S/C19H28N4O3S/c1-14-3-4-16(27-14)18(25)20-13-17(24)22-7-5-15(6-8-22)19(26)23-11-9-21(2)10-12-23/h3-4,15H,5-13H2,1-2H3,(H,20,25). The Morgan fingerprint density at radius 2 is 1.70 bits per heavy atom. The van der Waals surface area contributed by atoms with E-state index in [0.29, 0.717) is 30.8 Å². The molecule has 27 heavy (non-hydrogen) atoms. The van der Waals surface area contributed by atoms with E-state index in [1.807, 2.05) is 17.9 Å². The molecule has 0 atom stereocenters. The van der Waals surface area contributed by atoms with Crippen molar-refractivity contribution in [2.45, 2.75) is 19.8 Å². The zero-order valence-electron chi connectivity index (χ0n) is 16.1. The fourth-order valence-electron chi connectivity index (χ4n) is 3.57. The van der Waals surface area contributed by atoms with Crippen LogP contribution in [0.2, 0.25) is 0 Å². The smallest absolute Gasteiger partial charge is 0.261 e. The van der Waals surface area contributed by atoms with Gasteiger partial charge in [0.1, 0.15) is 0 Å². The van der Waals surface area contributed by atoms with Gasteiger partial charge in [0.2, 0.25) is 11.8 Å². The third-order valence-corrected chi connectivity index (χ3v) is 6.38. The minimum atomic E-state index is -0.207. The Balaban J connectivity index is 1.41. The topological polar surface area (TPSA) is 73.0 Å². The maximum atomic E-state index is 12.7. The molecular weight excluding hydrogens is 364 g/mol. The molecule has 7 nitrogen and oxygen atoms in total. The van der Waals surface area contributed by atoms with Gasteiger partial charge in [0.05, 0.1) is 11.4 Å². The quantitative estimate of drug-likeness (QED) is 0.823. The molecule has 0 spiro atoms. The van der Waals surface area contributed by atoms with Crippen LogP contribution in [0, 0.1) is 12.8 Å². The lowest BCUT2D eigenvalue weighted by atomic mass is 9.95. The minimum absolute atomic E-state index is 0.00680. The van der Waals surface area contributed by atoms with Crippen molar-refractivity contribution in [3.63, 3.8) is 0 Å². The van der Waals surface area contributed by atoms with Crippen LogP contribution >= 0.6 is 11.3 Å². The van der Waals surface area contributed by atoms with E-state index in [1.165, 1.54) is 11.3 Å². The van der Waals surface area contributed by atoms with Gasteiger partial charge < -0.3 is 20.0 Å². The van der Waals surface area contributed by atoms with E-state index in [4.69, 9.17) is 0 Å². The van der Waals surface area contributed by atoms with E-state index in [0.717, 1.165) is 31.1 Å². The number of likely N-dealkylation sites (tertiary alicyclic amines) is 1. The molecule has 0 bridgehead atoms. The average Bonchev–Trinajstić information content (AvgIpc) is 3.12. The van der Waals surface area contributed by atoms with Crippen LogP contribution in [0.5, 0.6) is 0 Å². The number of nitrogens with one attached hydrogen (secondary N) is 1. The largest absolute Gasteiger partial charge is 0.342 e. The highest BCUT2D eigenvalue weighted by Gasteiger charge is 2.31. The third-order valence-electron chi connectivity index (χ3n) is 5.38. The fraction of sp³-hybridized carbons (Fsp3) is 0.632. The van der Waals surface area contributed by atoms with Gasteiger partial charge in [-0.25, -0.2) is 0 Å². The lowest BCUT2D eigenvalue weighted by Gasteiger charge is -2.37. The number of thiophene rings is 1. The molecule has 3 amide bonds.